The fraction of sp³-hybridized carbons (Fsp3) is 0.435. The van der Waals surface area contributed by atoms with Crippen molar-refractivity contribution in [3.05, 3.63) is 59.7 Å². The zero-order valence-corrected chi connectivity index (χ0v) is 16.9. The van der Waals surface area contributed by atoms with Crippen LogP contribution in [0.4, 0.5) is 0 Å². The molecule has 5 heteroatoms. The van der Waals surface area contributed by atoms with Crippen LogP contribution in [-0.2, 0) is 12.8 Å². The molecule has 3 rings (SSSR count). The Morgan fingerprint density at radius 3 is 2.43 bits per heavy atom. The summed E-state index contributed by atoms with van der Waals surface area (Å²) in [5.41, 5.74) is 8.94. The Morgan fingerprint density at radius 2 is 1.79 bits per heavy atom. The highest BCUT2D eigenvalue weighted by Crippen LogP contribution is 2.44. The van der Waals surface area contributed by atoms with Crippen molar-refractivity contribution in [3.63, 3.8) is 0 Å². The standard InChI is InChI=1S/C23H31N3O2/c1-27-20-10-9-18(15-21(20)28-2)11-14-25-22(24)26-17-23(12-6-13-23)16-19-7-4-3-5-8-19/h3-5,7-10,15H,6,11-14,16-17H2,1-2H3,(H3,24,25,26). The van der Waals surface area contributed by atoms with Crippen molar-refractivity contribution >= 4 is 5.96 Å². The van der Waals surface area contributed by atoms with Crippen LogP contribution in [0.3, 0.4) is 0 Å². The van der Waals surface area contributed by atoms with Crippen molar-refractivity contribution in [1.82, 2.24) is 5.32 Å². The highest BCUT2D eigenvalue weighted by Gasteiger charge is 2.36. The molecule has 0 spiro atoms. The predicted octanol–water partition coefficient (Wildman–Crippen LogP) is 3.56. The van der Waals surface area contributed by atoms with E-state index in [0.29, 0.717) is 5.96 Å². The van der Waals surface area contributed by atoms with Gasteiger partial charge in [-0.3, -0.25) is 4.99 Å². The Bertz CT molecular complexity index is 786. The highest BCUT2D eigenvalue weighted by atomic mass is 16.5. The van der Waals surface area contributed by atoms with E-state index in [1.807, 2.05) is 18.2 Å². The summed E-state index contributed by atoms with van der Waals surface area (Å²) in [6, 6.07) is 16.6. The van der Waals surface area contributed by atoms with E-state index in [2.05, 4.69) is 40.6 Å². The zero-order chi connectivity index (χ0) is 19.8. The van der Waals surface area contributed by atoms with Crippen LogP contribution >= 0.6 is 0 Å². The maximum Gasteiger partial charge on any atom is 0.188 e. The first-order valence-electron chi connectivity index (χ1n) is 9.93. The molecular weight excluding hydrogens is 350 g/mol. The Hall–Kier alpha value is -2.69. The van der Waals surface area contributed by atoms with Crippen molar-refractivity contribution in [2.45, 2.75) is 32.1 Å². The van der Waals surface area contributed by atoms with Crippen LogP contribution in [0.15, 0.2) is 53.5 Å². The van der Waals surface area contributed by atoms with Crippen molar-refractivity contribution in [2.24, 2.45) is 16.1 Å². The van der Waals surface area contributed by atoms with E-state index in [1.165, 1.54) is 24.8 Å². The number of benzene rings is 2. The fourth-order valence-corrected chi connectivity index (χ4v) is 3.78. The molecule has 0 saturated heterocycles. The van der Waals surface area contributed by atoms with Gasteiger partial charge in [0, 0.05) is 13.1 Å². The number of aliphatic imine (C=N–C) groups is 1. The molecule has 0 unspecified atom stereocenters. The molecule has 0 atom stereocenters. The third kappa shape index (κ3) is 5.18. The van der Waals surface area contributed by atoms with Gasteiger partial charge in [0.2, 0.25) is 0 Å². The first-order valence-corrected chi connectivity index (χ1v) is 9.93. The summed E-state index contributed by atoms with van der Waals surface area (Å²) in [6.07, 6.45) is 5.66. The lowest BCUT2D eigenvalue weighted by molar-refractivity contribution is 0.145. The van der Waals surface area contributed by atoms with Crippen LogP contribution in [-0.4, -0.2) is 33.3 Å². The number of hydrogen-bond donors (Lipinski definition) is 2. The second-order valence-electron chi connectivity index (χ2n) is 7.58. The Kier molecular flexibility index (Phi) is 6.80. The molecule has 0 heterocycles. The summed E-state index contributed by atoms with van der Waals surface area (Å²) in [5.74, 6) is 2.01. The van der Waals surface area contributed by atoms with Gasteiger partial charge in [-0.2, -0.15) is 0 Å². The maximum absolute atomic E-state index is 6.11. The van der Waals surface area contributed by atoms with Gasteiger partial charge in [0.1, 0.15) is 0 Å². The van der Waals surface area contributed by atoms with E-state index in [9.17, 15) is 0 Å². The number of ether oxygens (including phenoxy) is 2. The Balaban J connectivity index is 1.49. The molecule has 0 amide bonds. The summed E-state index contributed by atoms with van der Waals surface area (Å²) in [7, 11) is 3.29. The van der Waals surface area contributed by atoms with Crippen molar-refractivity contribution in [3.8, 4) is 11.5 Å². The van der Waals surface area contributed by atoms with Crippen molar-refractivity contribution in [1.29, 1.82) is 0 Å². The van der Waals surface area contributed by atoms with E-state index in [1.54, 1.807) is 14.2 Å². The average molecular weight is 382 g/mol. The predicted molar refractivity (Wildman–Crippen MR) is 114 cm³/mol. The van der Waals surface area contributed by atoms with Gasteiger partial charge in [0.05, 0.1) is 14.2 Å². The number of guanidine groups is 1. The van der Waals surface area contributed by atoms with E-state index in [0.717, 1.165) is 43.0 Å². The minimum atomic E-state index is 0.275. The van der Waals surface area contributed by atoms with Gasteiger partial charge in [0.25, 0.3) is 0 Å². The van der Waals surface area contributed by atoms with E-state index >= 15 is 0 Å². The third-order valence-corrected chi connectivity index (χ3v) is 5.59. The molecule has 1 aliphatic carbocycles. The molecule has 1 saturated carbocycles. The topological polar surface area (TPSA) is 68.9 Å². The van der Waals surface area contributed by atoms with Crippen LogP contribution in [0.2, 0.25) is 0 Å². The number of methoxy groups -OCH3 is 2. The van der Waals surface area contributed by atoms with Crippen LogP contribution in [0.1, 0.15) is 30.4 Å². The molecule has 0 aliphatic heterocycles. The lowest BCUT2D eigenvalue weighted by Crippen LogP contribution is -2.38. The van der Waals surface area contributed by atoms with Gasteiger partial charge in [-0.15, -0.1) is 0 Å². The molecule has 1 aliphatic rings. The molecule has 3 N–H and O–H groups in total. The van der Waals surface area contributed by atoms with E-state index < -0.39 is 0 Å². The molecule has 2 aromatic carbocycles. The minimum absolute atomic E-state index is 0.275. The second-order valence-corrected chi connectivity index (χ2v) is 7.58. The average Bonchev–Trinajstić information content (AvgIpc) is 2.70. The summed E-state index contributed by atoms with van der Waals surface area (Å²) in [4.78, 5) is 4.65. The maximum atomic E-state index is 6.11. The fourth-order valence-electron chi connectivity index (χ4n) is 3.78. The number of hydrogen-bond acceptors (Lipinski definition) is 3. The number of nitrogens with two attached hydrogens (primary N) is 1. The normalized spacial score (nSPS) is 15.6. The van der Waals surface area contributed by atoms with Crippen LogP contribution in [0, 0.1) is 5.41 Å². The minimum Gasteiger partial charge on any atom is -0.493 e. The lowest BCUT2D eigenvalue weighted by Gasteiger charge is -2.41. The van der Waals surface area contributed by atoms with Gasteiger partial charge < -0.3 is 20.5 Å². The van der Waals surface area contributed by atoms with Gasteiger partial charge >= 0.3 is 0 Å². The van der Waals surface area contributed by atoms with E-state index in [4.69, 9.17) is 15.2 Å². The number of rotatable bonds is 9. The van der Waals surface area contributed by atoms with Gasteiger partial charge in [0.15, 0.2) is 17.5 Å². The van der Waals surface area contributed by atoms with Crippen molar-refractivity contribution < 1.29 is 9.47 Å². The summed E-state index contributed by atoms with van der Waals surface area (Å²) >= 11 is 0. The molecule has 2 aromatic rings. The monoisotopic (exact) mass is 381 g/mol. The lowest BCUT2D eigenvalue weighted by atomic mass is 9.65. The summed E-state index contributed by atoms with van der Waals surface area (Å²) < 4.78 is 10.6. The van der Waals surface area contributed by atoms with Crippen LogP contribution < -0.4 is 20.5 Å². The van der Waals surface area contributed by atoms with Crippen LogP contribution in [0.5, 0.6) is 11.5 Å². The van der Waals surface area contributed by atoms with Crippen molar-refractivity contribution in [2.75, 3.05) is 27.3 Å². The number of nitrogens with one attached hydrogen (secondary N) is 1. The summed E-state index contributed by atoms with van der Waals surface area (Å²) in [6.45, 7) is 1.52. The van der Waals surface area contributed by atoms with E-state index in [-0.39, 0.29) is 5.41 Å². The molecule has 0 aromatic heterocycles. The number of nitrogens with zero attached hydrogens (tertiary/aromatic N) is 1. The third-order valence-electron chi connectivity index (χ3n) is 5.59. The largest absolute Gasteiger partial charge is 0.493 e. The molecular formula is C23H31N3O2. The van der Waals surface area contributed by atoms with Gasteiger partial charge in [-0.25, -0.2) is 0 Å². The smallest absolute Gasteiger partial charge is 0.188 e. The first-order chi connectivity index (χ1) is 13.6. The second kappa shape index (κ2) is 9.49. The summed E-state index contributed by atoms with van der Waals surface area (Å²) in [5, 5.41) is 3.24. The quantitative estimate of drug-likeness (QED) is 0.515. The van der Waals surface area contributed by atoms with Gasteiger partial charge in [-0.05, 0) is 54.4 Å². The highest BCUT2D eigenvalue weighted by molar-refractivity contribution is 5.77. The zero-order valence-electron chi connectivity index (χ0n) is 16.9. The molecule has 0 radical (unpaired) electrons. The van der Waals surface area contributed by atoms with Crippen LogP contribution in [0.25, 0.3) is 0 Å². The first kappa shape index (κ1) is 20.1. The molecule has 5 nitrogen and oxygen atoms in total. The molecule has 0 bridgehead atoms. The SMILES string of the molecule is COc1ccc(CCNC(N)=NCC2(Cc3ccccc3)CCC2)cc1OC. The Morgan fingerprint density at radius 1 is 1.04 bits per heavy atom. The van der Waals surface area contributed by atoms with Gasteiger partial charge in [-0.1, -0.05) is 42.8 Å². The Labute approximate surface area is 168 Å². The molecule has 150 valence electrons. The molecule has 28 heavy (non-hydrogen) atoms. The molecule has 1 fully saturated rings.